The Kier molecular flexibility index (Phi) is 5.65. The van der Waals surface area contributed by atoms with E-state index in [4.69, 9.17) is 13.9 Å². The first kappa shape index (κ1) is 24.7. The van der Waals surface area contributed by atoms with E-state index in [9.17, 15) is 19.0 Å². The summed E-state index contributed by atoms with van der Waals surface area (Å²) in [5, 5.41) is 20.6. The van der Waals surface area contributed by atoms with E-state index in [-0.39, 0.29) is 23.2 Å². The summed E-state index contributed by atoms with van der Waals surface area (Å²) in [6.45, 7) is 16.5. The maximum atomic E-state index is 14.6. The lowest BCUT2D eigenvalue weighted by atomic mass is 9.90. The molecule has 0 spiro atoms. The lowest BCUT2D eigenvalue weighted by molar-refractivity contribution is -0.104. The summed E-state index contributed by atoms with van der Waals surface area (Å²) in [7, 11) is -2.00. The van der Waals surface area contributed by atoms with Crippen LogP contribution in [0.1, 0.15) is 60.8 Å². The van der Waals surface area contributed by atoms with Crippen molar-refractivity contribution in [2.75, 3.05) is 0 Å². The van der Waals surface area contributed by atoms with Gasteiger partial charge in [-0.25, -0.2) is 8.78 Å². The third-order valence-corrected chi connectivity index (χ3v) is 13.2. The number of ether oxygens (including phenoxy) is 2. The van der Waals surface area contributed by atoms with Gasteiger partial charge in [-0.05, 0) is 57.0 Å². The normalized spacial score (nSPS) is 51.5. The lowest BCUT2D eigenvalue weighted by Gasteiger charge is -2.41. The van der Waals surface area contributed by atoms with Crippen LogP contribution < -0.4 is 0 Å². The van der Waals surface area contributed by atoms with Crippen LogP contribution in [-0.2, 0) is 13.9 Å². The first-order chi connectivity index (χ1) is 14.5. The molecule has 184 valence electrons. The molecule has 5 nitrogen and oxygen atoms in total. The first-order valence-electron chi connectivity index (χ1n) is 11.9. The second-order valence-electron chi connectivity index (χ2n) is 12.4. The molecule has 32 heavy (non-hydrogen) atoms. The van der Waals surface area contributed by atoms with Crippen LogP contribution in [-0.4, -0.2) is 72.1 Å². The molecule has 4 fully saturated rings. The van der Waals surface area contributed by atoms with Gasteiger partial charge in [-0.15, -0.1) is 0 Å². The average molecular weight is 475 g/mol. The zero-order valence-corrected chi connectivity index (χ0v) is 21.6. The van der Waals surface area contributed by atoms with Crippen molar-refractivity contribution in [3.63, 3.8) is 0 Å². The van der Waals surface area contributed by atoms with E-state index in [0.717, 1.165) is 5.57 Å². The fraction of sp³-hybridized carbons (Fsp3) is 0.917. The van der Waals surface area contributed by atoms with E-state index < -0.39 is 49.7 Å². The molecular formula is C24H40F2O5Si. The van der Waals surface area contributed by atoms with Crippen LogP contribution in [0, 0.1) is 5.92 Å². The quantitative estimate of drug-likeness (QED) is 0.463. The molecule has 2 saturated carbocycles. The van der Waals surface area contributed by atoms with Crippen LogP contribution in [0.4, 0.5) is 8.78 Å². The van der Waals surface area contributed by atoms with Crippen molar-refractivity contribution >= 4 is 8.32 Å². The van der Waals surface area contributed by atoms with Crippen molar-refractivity contribution in [3.05, 3.63) is 11.6 Å². The van der Waals surface area contributed by atoms with Gasteiger partial charge in [-0.3, -0.25) is 0 Å². The number of aliphatic hydroxyl groups is 2. The second kappa shape index (κ2) is 7.31. The Balaban J connectivity index is 0.000000174. The first-order valence-corrected chi connectivity index (χ1v) is 14.8. The van der Waals surface area contributed by atoms with Crippen molar-refractivity contribution < 1.29 is 32.9 Å². The molecule has 2 unspecified atom stereocenters. The molecule has 2 saturated heterocycles. The Labute approximate surface area is 191 Å². The van der Waals surface area contributed by atoms with Crippen molar-refractivity contribution in [1.82, 2.24) is 0 Å². The summed E-state index contributed by atoms with van der Waals surface area (Å²) in [6, 6.07) is 0. The second-order valence-corrected chi connectivity index (χ2v) is 17.1. The van der Waals surface area contributed by atoms with Crippen molar-refractivity contribution in [2.45, 2.75) is 132 Å². The molecule has 0 radical (unpaired) electrons. The Hall–Kier alpha value is -0.383. The van der Waals surface area contributed by atoms with Gasteiger partial charge in [0.15, 0.2) is 14.5 Å². The van der Waals surface area contributed by atoms with Crippen LogP contribution in [0.5, 0.6) is 0 Å². The molecule has 2 aliphatic heterocycles. The zero-order valence-electron chi connectivity index (χ0n) is 20.6. The monoisotopic (exact) mass is 474 g/mol. The van der Waals surface area contributed by atoms with Gasteiger partial charge >= 0.3 is 0 Å². The molecule has 5 aliphatic rings. The zero-order chi connectivity index (χ0) is 24.1. The molecule has 0 aromatic heterocycles. The largest absolute Gasteiger partial charge is 0.408 e. The fourth-order valence-corrected chi connectivity index (χ4v) is 7.63. The summed E-state index contributed by atoms with van der Waals surface area (Å²) >= 11 is 0. The smallest absolute Gasteiger partial charge is 0.192 e. The molecule has 10 atom stereocenters. The third-order valence-electron chi connectivity index (χ3n) is 8.71. The van der Waals surface area contributed by atoms with Gasteiger partial charge in [0, 0.05) is 18.8 Å². The molecule has 0 bridgehead atoms. The Morgan fingerprint density at radius 3 is 2.16 bits per heavy atom. The predicted molar refractivity (Wildman–Crippen MR) is 120 cm³/mol. The topological polar surface area (TPSA) is 68.2 Å². The summed E-state index contributed by atoms with van der Waals surface area (Å²) in [6.07, 6.45) is -0.565. The molecule has 2 heterocycles. The molecule has 0 amide bonds. The summed E-state index contributed by atoms with van der Waals surface area (Å²) in [5.41, 5.74) is -2.36. The van der Waals surface area contributed by atoms with E-state index in [2.05, 4.69) is 33.9 Å². The SMILES string of the molecule is CC1=CC(F)[C@]2(O)C[C@H](C)O[C@H]12.C[C@H]1C[C@@]2(O)C(F)[C@@H]3C[C@]3(O[Si](C)(C)C(C)(C)C)[C@H]2O1. The minimum absolute atomic E-state index is 0.0399. The van der Waals surface area contributed by atoms with E-state index in [1.54, 1.807) is 6.92 Å². The van der Waals surface area contributed by atoms with Gasteiger partial charge in [0.05, 0.1) is 17.8 Å². The number of alkyl halides is 2. The maximum absolute atomic E-state index is 14.6. The Morgan fingerprint density at radius 1 is 1.03 bits per heavy atom. The molecule has 5 rings (SSSR count). The number of fused-ring (bicyclic) bond motifs is 4. The van der Waals surface area contributed by atoms with Crippen LogP contribution in [0.25, 0.3) is 0 Å². The maximum Gasteiger partial charge on any atom is 0.192 e. The number of hydrogen-bond donors (Lipinski definition) is 2. The van der Waals surface area contributed by atoms with E-state index in [1.165, 1.54) is 6.08 Å². The summed E-state index contributed by atoms with van der Waals surface area (Å²) < 4.78 is 45.7. The summed E-state index contributed by atoms with van der Waals surface area (Å²) in [4.78, 5) is 0. The van der Waals surface area contributed by atoms with Gasteiger partial charge < -0.3 is 24.1 Å². The highest BCUT2D eigenvalue weighted by molar-refractivity contribution is 6.74. The molecule has 2 N–H and O–H groups in total. The number of hydrogen-bond acceptors (Lipinski definition) is 5. The summed E-state index contributed by atoms with van der Waals surface area (Å²) in [5.74, 6) is -0.181. The number of halogens is 2. The highest BCUT2D eigenvalue weighted by atomic mass is 28.4. The number of rotatable bonds is 2. The van der Waals surface area contributed by atoms with E-state index in [0.29, 0.717) is 19.3 Å². The predicted octanol–water partition coefficient (Wildman–Crippen LogP) is 4.22. The average Bonchev–Trinajstić information content (AvgIpc) is 2.93. The van der Waals surface area contributed by atoms with Gasteiger partial charge in [0.1, 0.15) is 29.6 Å². The van der Waals surface area contributed by atoms with Crippen molar-refractivity contribution in [1.29, 1.82) is 0 Å². The highest BCUT2D eigenvalue weighted by Gasteiger charge is 2.82. The molecule has 3 aliphatic carbocycles. The van der Waals surface area contributed by atoms with Crippen molar-refractivity contribution in [2.24, 2.45) is 5.92 Å². The molecule has 0 aromatic carbocycles. The Morgan fingerprint density at radius 2 is 1.59 bits per heavy atom. The van der Waals surface area contributed by atoms with Crippen LogP contribution in [0.3, 0.4) is 0 Å². The lowest BCUT2D eigenvalue weighted by Crippen LogP contribution is -2.52. The van der Waals surface area contributed by atoms with E-state index >= 15 is 0 Å². The van der Waals surface area contributed by atoms with Gasteiger partial charge in [0.25, 0.3) is 0 Å². The Bertz CT molecular complexity index is 800. The van der Waals surface area contributed by atoms with E-state index in [1.807, 2.05) is 13.8 Å². The van der Waals surface area contributed by atoms with Gasteiger partial charge in [0.2, 0.25) is 0 Å². The fourth-order valence-electron chi connectivity index (χ4n) is 6.03. The van der Waals surface area contributed by atoms with Crippen LogP contribution in [0.2, 0.25) is 18.1 Å². The van der Waals surface area contributed by atoms with Gasteiger partial charge in [-0.2, -0.15) is 0 Å². The minimum atomic E-state index is -2.00. The van der Waals surface area contributed by atoms with Crippen molar-refractivity contribution in [3.8, 4) is 0 Å². The van der Waals surface area contributed by atoms with Crippen LogP contribution in [0.15, 0.2) is 11.6 Å². The standard InChI is InChI=1S/C15H27FO3Si.C9H13FO2/c1-9-7-14(17)11(16)10-8-15(10,12(14)18-9)19-20(5,6)13(2,3)4;1-5-3-7(10)9(11)4-6(2)12-8(5)9/h9-12,17H,7-8H2,1-6H3;3,6-8,11H,4H2,1-2H3/t9-,10-,11?,12-,14+,15+;6-,7?,8+,9+/m00/s1. The third kappa shape index (κ3) is 3.47. The minimum Gasteiger partial charge on any atom is -0.408 e. The molecule has 8 heteroatoms. The highest BCUT2D eigenvalue weighted by Crippen LogP contribution is 2.68. The molecule has 0 aromatic rings. The van der Waals surface area contributed by atoms with Crippen LogP contribution >= 0.6 is 0 Å². The van der Waals surface area contributed by atoms with Gasteiger partial charge in [-0.1, -0.05) is 20.8 Å². The molecular weight excluding hydrogens is 434 g/mol.